The third kappa shape index (κ3) is 2.88. The molecule has 0 aliphatic rings. The lowest BCUT2D eigenvalue weighted by molar-refractivity contribution is 0.948. The minimum absolute atomic E-state index is 0.801. The predicted octanol–water partition coefficient (Wildman–Crippen LogP) is 5.25. The zero-order valence-electron chi connectivity index (χ0n) is 17.8. The van der Waals surface area contributed by atoms with Gasteiger partial charge in [0, 0.05) is 14.1 Å². The lowest BCUT2D eigenvalue weighted by atomic mass is 10.2. The molecule has 0 bridgehead atoms. The van der Waals surface area contributed by atoms with Gasteiger partial charge >= 0.3 is 0 Å². The second kappa shape index (κ2) is 7.13. The van der Waals surface area contributed by atoms with Crippen molar-refractivity contribution >= 4 is 22.1 Å². The Morgan fingerprint density at radius 3 is 1.28 bits per heavy atom. The van der Waals surface area contributed by atoms with Crippen molar-refractivity contribution in [3.05, 3.63) is 84.9 Å². The molecule has 0 spiro atoms. The van der Waals surface area contributed by atoms with Crippen molar-refractivity contribution in [3.8, 4) is 34.4 Å². The first kappa shape index (κ1) is 18.4. The van der Waals surface area contributed by atoms with Crippen LogP contribution in [0.25, 0.3) is 56.5 Å². The molecule has 0 unspecified atom stereocenters. The lowest BCUT2D eigenvalue weighted by Crippen LogP contribution is -1.98. The number of pyridine rings is 2. The second-order valence-corrected chi connectivity index (χ2v) is 7.78. The van der Waals surface area contributed by atoms with Crippen molar-refractivity contribution in [2.45, 2.75) is 0 Å². The minimum Gasteiger partial charge on any atom is -0.326 e. The third-order valence-electron chi connectivity index (χ3n) is 5.79. The monoisotopic (exact) mass is 416 g/mol. The van der Waals surface area contributed by atoms with Crippen LogP contribution in [0.2, 0.25) is 0 Å². The van der Waals surface area contributed by atoms with Crippen LogP contribution in [0.15, 0.2) is 84.9 Å². The first-order chi connectivity index (χ1) is 15.7. The Hall–Kier alpha value is -4.32. The van der Waals surface area contributed by atoms with E-state index >= 15 is 0 Å². The standard InChI is InChI=1S/C26H20N6/c1-31-23-15-5-3-9-19(23)29-25(31)21-13-7-11-17(27-21)18-12-8-14-22(28-18)26-30-20-10-4-6-16-24(20)32(26)2/h3-16H,1-2H3. The van der Waals surface area contributed by atoms with Gasteiger partial charge in [-0.05, 0) is 48.5 Å². The Balaban J connectivity index is 1.44. The van der Waals surface area contributed by atoms with E-state index in [2.05, 4.69) is 21.3 Å². The number of fused-ring (bicyclic) bond motifs is 2. The number of rotatable bonds is 3. The average molecular weight is 416 g/mol. The number of hydrogen-bond donors (Lipinski definition) is 0. The summed E-state index contributed by atoms with van der Waals surface area (Å²) in [5.41, 5.74) is 7.31. The van der Waals surface area contributed by atoms with Gasteiger partial charge in [0.1, 0.15) is 11.4 Å². The predicted molar refractivity (Wildman–Crippen MR) is 127 cm³/mol. The van der Waals surface area contributed by atoms with Crippen molar-refractivity contribution in [1.29, 1.82) is 0 Å². The van der Waals surface area contributed by atoms with E-state index in [0.717, 1.165) is 56.5 Å². The average Bonchev–Trinajstić information content (AvgIpc) is 3.37. The lowest BCUT2D eigenvalue weighted by Gasteiger charge is -2.07. The SMILES string of the molecule is Cn1c(-c2cccc(-c3cccc(-c4nc5ccccc5n4C)n3)n2)nc2ccccc21. The van der Waals surface area contributed by atoms with E-state index in [1.807, 2.05) is 86.9 Å². The first-order valence-corrected chi connectivity index (χ1v) is 10.5. The summed E-state index contributed by atoms with van der Waals surface area (Å²) in [6.45, 7) is 0. The number of aromatic nitrogens is 6. The molecule has 6 nitrogen and oxygen atoms in total. The molecule has 0 N–H and O–H groups in total. The van der Waals surface area contributed by atoms with Crippen molar-refractivity contribution in [3.63, 3.8) is 0 Å². The zero-order valence-corrected chi connectivity index (χ0v) is 17.8. The summed E-state index contributed by atoms with van der Waals surface area (Å²) < 4.78 is 4.15. The molecule has 2 aromatic carbocycles. The minimum atomic E-state index is 0.801. The van der Waals surface area contributed by atoms with Gasteiger partial charge in [0.15, 0.2) is 11.6 Å². The van der Waals surface area contributed by atoms with Crippen molar-refractivity contribution < 1.29 is 0 Å². The Labute approximate surface area is 184 Å². The molecule has 6 aromatic rings. The molecule has 0 radical (unpaired) electrons. The molecule has 0 fully saturated rings. The molecular formula is C26H20N6. The van der Waals surface area contributed by atoms with Crippen molar-refractivity contribution in [1.82, 2.24) is 29.1 Å². The highest BCUT2D eigenvalue weighted by Gasteiger charge is 2.14. The normalized spacial score (nSPS) is 11.4. The van der Waals surface area contributed by atoms with Crippen LogP contribution in [-0.4, -0.2) is 29.1 Å². The second-order valence-electron chi connectivity index (χ2n) is 7.78. The van der Waals surface area contributed by atoms with Crippen LogP contribution in [0.1, 0.15) is 0 Å². The molecular weight excluding hydrogens is 396 g/mol. The quantitative estimate of drug-likeness (QED) is 0.395. The van der Waals surface area contributed by atoms with Crippen LogP contribution in [0.3, 0.4) is 0 Å². The van der Waals surface area contributed by atoms with Gasteiger partial charge in [-0.2, -0.15) is 0 Å². The van der Waals surface area contributed by atoms with Gasteiger partial charge in [0.25, 0.3) is 0 Å². The van der Waals surface area contributed by atoms with Crippen molar-refractivity contribution in [2.24, 2.45) is 14.1 Å². The highest BCUT2D eigenvalue weighted by atomic mass is 15.1. The summed E-state index contributed by atoms with van der Waals surface area (Å²) in [5.74, 6) is 1.67. The number of benzene rings is 2. The topological polar surface area (TPSA) is 61.4 Å². The fraction of sp³-hybridized carbons (Fsp3) is 0.0769. The maximum absolute atomic E-state index is 4.90. The van der Waals surface area contributed by atoms with Gasteiger partial charge < -0.3 is 9.13 Å². The fourth-order valence-electron chi connectivity index (χ4n) is 4.15. The van der Waals surface area contributed by atoms with E-state index in [0.29, 0.717) is 0 Å². The van der Waals surface area contributed by atoms with Gasteiger partial charge in [-0.15, -0.1) is 0 Å². The Morgan fingerprint density at radius 1 is 0.438 bits per heavy atom. The van der Waals surface area contributed by atoms with Gasteiger partial charge in [-0.25, -0.2) is 19.9 Å². The summed E-state index contributed by atoms with van der Waals surface area (Å²) in [5, 5.41) is 0. The van der Waals surface area contributed by atoms with E-state index < -0.39 is 0 Å². The summed E-state index contributed by atoms with van der Waals surface area (Å²) in [4.78, 5) is 19.4. The van der Waals surface area contributed by atoms with E-state index in [1.165, 1.54) is 0 Å². The van der Waals surface area contributed by atoms with Crippen LogP contribution < -0.4 is 0 Å². The van der Waals surface area contributed by atoms with E-state index in [-0.39, 0.29) is 0 Å². The van der Waals surface area contributed by atoms with E-state index in [4.69, 9.17) is 19.9 Å². The van der Waals surface area contributed by atoms with Gasteiger partial charge in [-0.1, -0.05) is 36.4 Å². The molecule has 4 heterocycles. The smallest absolute Gasteiger partial charge is 0.159 e. The number of para-hydroxylation sites is 4. The summed E-state index contributed by atoms with van der Waals surface area (Å²) in [6.07, 6.45) is 0. The van der Waals surface area contributed by atoms with Crippen LogP contribution in [0, 0.1) is 0 Å². The Bertz CT molecular complexity index is 1490. The number of aryl methyl sites for hydroxylation is 2. The first-order valence-electron chi connectivity index (χ1n) is 10.5. The molecule has 0 amide bonds. The zero-order chi connectivity index (χ0) is 21.7. The molecule has 6 heteroatoms. The number of imidazole rings is 2. The molecule has 154 valence electrons. The van der Waals surface area contributed by atoms with Crippen LogP contribution in [0.5, 0.6) is 0 Å². The van der Waals surface area contributed by atoms with Crippen LogP contribution in [0.4, 0.5) is 0 Å². The van der Waals surface area contributed by atoms with Crippen molar-refractivity contribution in [2.75, 3.05) is 0 Å². The van der Waals surface area contributed by atoms with Gasteiger partial charge in [-0.3, -0.25) is 0 Å². The Morgan fingerprint density at radius 2 is 0.844 bits per heavy atom. The molecule has 4 aromatic heterocycles. The highest BCUT2D eigenvalue weighted by Crippen LogP contribution is 2.27. The highest BCUT2D eigenvalue weighted by molar-refractivity contribution is 5.81. The van der Waals surface area contributed by atoms with Crippen LogP contribution in [-0.2, 0) is 14.1 Å². The summed E-state index contributed by atoms with van der Waals surface area (Å²) in [7, 11) is 4.03. The molecule has 0 atom stereocenters. The molecule has 32 heavy (non-hydrogen) atoms. The molecule has 0 aliphatic carbocycles. The molecule has 6 rings (SSSR count). The van der Waals surface area contributed by atoms with Gasteiger partial charge in [0.05, 0.1) is 33.5 Å². The number of nitrogens with zero attached hydrogens (tertiary/aromatic N) is 6. The summed E-state index contributed by atoms with van der Waals surface area (Å²) >= 11 is 0. The largest absolute Gasteiger partial charge is 0.326 e. The fourth-order valence-corrected chi connectivity index (χ4v) is 4.15. The molecule has 0 saturated carbocycles. The third-order valence-corrected chi connectivity index (χ3v) is 5.79. The summed E-state index contributed by atoms with van der Waals surface area (Å²) in [6, 6.07) is 28.1. The number of hydrogen-bond acceptors (Lipinski definition) is 4. The Kier molecular flexibility index (Phi) is 4.11. The maximum atomic E-state index is 4.90. The maximum Gasteiger partial charge on any atom is 0.159 e. The molecule has 0 saturated heterocycles. The molecule has 0 aliphatic heterocycles. The van der Waals surface area contributed by atoms with Gasteiger partial charge in [0.2, 0.25) is 0 Å². The van der Waals surface area contributed by atoms with Crippen LogP contribution >= 0.6 is 0 Å². The van der Waals surface area contributed by atoms with E-state index in [9.17, 15) is 0 Å². The van der Waals surface area contributed by atoms with E-state index in [1.54, 1.807) is 0 Å².